The zero-order chi connectivity index (χ0) is 14.0. The molecule has 0 aromatic heterocycles. The van der Waals surface area contributed by atoms with Gasteiger partial charge in [-0.25, -0.2) is 8.42 Å². The molecule has 1 N–H and O–H groups in total. The third kappa shape index (κ3) is 3.11. The molecule has 1 saturated carbocycles. The lowest BCUT2D eigenvalue weighted by molar-refractivity contribution is 0.282. The number of rotatable bonds is 6. The lowest BCUT2D eigenvalue weighted by Crippen LogP contribution is -2.33. The summed E-state index contributed by atoms with van der Waals surface area (Å²) < 4.78 is 26.7. The standard InChI is InChI=1S/C13H18ClNO3S/c1-2-7-15(11-4-5-11)19(17,18)12-6-3-10(9-16)13(14)8-12/h3,6,8,11,16H,2,4-5,7,9H2,1H3. The molecule has 6 heteroatoms. The van der Waals surface area contributed by atoms with Gasteiger partial charge in [-0.2, -0.15) is 4.31 Å². The molecule has 19 heavy (non-hydrogen) atoms. The topological polar surface area (TPSA) is 57.6 Å². The van der Waals surface area contributed by atoms with Crippen molar-refractivity contribution < 1.29 is 13.5 Å². The molecule has 4 nitrogen and oxygen atoms in total. The summed E-state index contributed by atoms with van der Waals surface area (Å²) in [5.41, 5.74) is 0.536. The zero-order valence-electron chi connectivity index (χ0n) is 10.8. The maximum absolute atomic E-state index is 12.6. The monoisotopic (exact) mass is 303 g/mol. The van der Waals surface area contributed by atoms with Crippen molar-refractivity contribution in [3.8, 4) is 0 Å². The molecular weight excluding hydrogens is 286 g/mol. The Morgan fingerprint density at radius 3 is 2.58 bits per heavy atom. The third-order valence-corrected chi connectivity index (χ3v) is 5.50. The summed E-state index contributed by atoms with van der Waals surface area (Å²) in [5, 5.41) is 9.35. The van der Waals surface area contributed by atoms with E-state index in [9.17, 15) is 8.42 Å². The Morgan fingerprint density at radius 2 is 2.11 bits per heavy atom. The van der Waals surface area contributed by atoms with Crippen LogP contribution in [-0.4, -0.2) is 30.4 Å². The molecule has 2 rings (SSSR count). The van der Waals surface area contributed by atoms with Gasteiger partial charge in [-0.3, -0.25) is 0 Å². The molecule has 106 valence electrons. The Balaban J connectivity index is 2.34. The molecular formula is C13H18ClNO3S. The van der Waals surface area contributed by atoms with E-state index in [1.54, 1.807) is 10.4 Å². The second kappa shape index (κ2) is 5.79. The first kappa shape index (κ1) is 14.8. The Labute approximate surface area is 119 Å². The fourth-order valence-electron chi connectivity index (χ4n) is 2.03. The molecule has 1 aromatic carbocycles. The van der Waals surface area contributed by atoms with E-state index in [0.29, 0.717) is 12.1 Å². The summed E-state index contributed by atoms with van der Waals surface area (Å²) in [6.07, 6.45) is 2.65. The van der Waals surface area contributed by atoms with Gasteiger partial charge in [0.2, 0.25) is 10.0 Å². The van der Waals surface area contributed by atoms with Gasteiger partial charge >= 0.3 is 0 Å². The minimum absolute atomic E-state index is 0.140. The van der Waals surface area contributed by atoms with Crippen molar-refractivity contribution in [2.45, 2.75) is 43.7 Å². The van der Waals surface area contributed by atoms with Crippen LogP contribution < -0.4 is 0 Å². The van der Waals surface area contributed by atoms with Crippen LogP contribution in [0.15, 0.2) is 23.1 Å². The van der Waals surface area contributed by atoms with Crippen molar-refractivity contribution in [3.63, 3.8) is 0 Å². The van der Waals surface area contributed by atoms with Gasteiger partial charge in [0.15, 0.2) is 0 Å². The third-order valence-electron chi connectivity index (χ3n) is 3.20. The van der Waals surface area contributed by atoms with Crippen molar-refractivity contribution in [1.29, 1.82) is 0 Å². The molecule has 0 atom stereocenters. The quantitative estimate of drug-likeness (QED) is 0.878. The van der Waals surface area contributed by atoms with Crippen LogP contribution in [0.5, 0.6) is 0 Å². The number of benzene rings is 1. The molecule has 1 aliphatic rings. The fraction of sp³-hybridized carbons (Fsp3) is 0.538. The Hall–Kier alpha value is -0.620. The Bertz CT molecular complexity index is 555. The molecule has 0 bridgehead atoms. The molecule has 1 fully saturated rings. The predicted molar refractivity (Wildman–Crippen MR) is 74.6 cm³/mol. The smallest absolute Gasteiger partial charge is 0.243 e. The minimum atomic E-state index is -3.48. The van der Waals surface area contributed by atoms with E-state index >= 15 is 0 Å². The summed E-state index contributed by atoms with van der Waals surface area (Å²) in [5.74, 6) is 0. The van der Waals surface area contributed by atoms with Crippen LogP contribution in [0.4, 0.5) is 0 Å². The minimum Gasteiger partial charge on any atom is -0.392 e. The highest BCUT2D eigenvalue weighted by atomic mass is 35.5. The summed E-state index contributed by atoms with van der Waals surface area (Å²) in [6, 6.07) is 4.64. The Kier molecular flexibility index (Phi) is 4.50. The highest BCUT2D eigenvalue weighted by Gasteiger charge is 2.37. The average molecular weight is 304 g/mol. The number of nitrogens with zero attached hydrogens (tertiary/aromatic N) is 1. The number of sulfonamides is 1. The molecule has 0 unspecified atom stereocenters. The first-order valence-electron chi connectivity index (χ1n) is 6.41. The van der Waals surface area contributed by atoms with Crippen LogP contribution in [0.3, 0.4) is 0 Å². The van der Waals surface area contributed by atoms with E-state index in [-0.39, 0.29) is 22.6 Å². The predicted octanol–water partition coefficient (Wildman–Crippen LogP) is 2.40. The van der Waals surface area contributed by atoms with Gasteiger partial charge in [0.1, 0.15) is 0 Å². The van der Waals surface area contributed by atoms with Gasteiger partial charge < -0.3 is 5.11 Å². The fourth-order valence-corrected chi connectivity index (χ4v) is 4.14. The summed E-state index contributed by atoms with van der Waals surface area (Å²) in [7, 11) is -3.48. The number of aliphatic hydroxyl groups is 1. The van der Waals surface area contributed by atoms with Gasteiger partial charge in [-0.05, 0) is 37.0 Å². The zero-order valence-corrected chi connectivity index (χ0v) is 12.4. The van der Waals surface area contributed by atoms with Crippen LogP contribution in [0.2, 0.25) is 5.02 Å². The lowest BCUT2D eigenvalue weighted by Gasteiger charge is -2.21. The number of halogens is 1. The molecule has 0 saturated heterocycles. The van der Waals surface area contributed by atoms with E-state index in [1.165, 1.54) is 12.1 Å². The maximum Gasteiger partial charge on any atom is 0.243 e. The maximum atomic E-state index is 12.6. The van der Waals surface area contributed by atoms with Crippen LogP contribution >= 0.6 is 11.6 Å². The van der Waals surface area contributed by atoms with Crippen molar-refractivity contribution in [1.82, 2.24) is 4.31 Å². The van der Waals surface area contributed by atoms with Crippen molar-refractivity contribution in [2.75, 3.05) is 6.54 Å². The van der Waals surface area contributed by atoms with Crippen LogP contribution in [0.25, 0.3) is 0 Å². The van der Waals surface area contributed by atoms with Gasteiger partial charge in [0, 0.05) is 17.6 Å². The van der Waals surface area contributed by atoms with Gasteiger partial charge in [-0.15, -0.1) is 0 Å². The van der Waals surface area contributed by atoms with Gasteiger partial charge in [0.25, 0.3) is 0 Å². The van der Waals surface area contributed by atoms with E-state index in [2.05, 4.69) is 0 Å². The lowest BCUT2D eigenvalue weighted by atomic mass is 10.2. The van der Waals surface area contributed by atoms with E-state index in [0.717, 1.165) is 19.3 Å². The number of hydrogen-bond acceptors (Lipinski definition) is 3. The molecule has 0 radical (unpaired) electrons. The second-order valence-corrected chi connectivity index (χ2v) is 7.06. The highest BCUT2D eigenvalue weighted by Crippen LogP contribution is 2.33. The first-order valence-corrected chi connectivity index (χ1v) is 8.23. The van der Waals surface area contributed by atoms with Gasteiger partial charge in [-0.1, -0.05) is 24.6 Å². The van der Waals surface area contributed by atoms with E-state index in [4.69, 9.17) is 16.7 Å². The summed E-state index contributed by atoms with van der Waals surface area (Å²) in [6.45, 7) is 2.31. The number of hydrogen-bond donors (Lipinski definition) is 1. The molecule has 0 amide bonds. The van der Waals surface area contributed by atoms with E-state index < -0.39 is 10.0 Å². The van der Waals surface area contributed by atoms with Crippen molar-refractivity contribution in [2.24, 2.45) is 0 Å². The largest absolute Gasteiger partial charge is 0.392 e. The summed E-state index contributed by atoms with van der Waals surface area (Å²) >= 11 is 5.97. The SMILES string of the molecule is CCCN(C1CC1)S(=O)(=O)c1ccc(CO)c(Cl)c1. The second-order valence-electron chi connectivity index (χ2n) is 4.76. The highest BCUT2D eigenvalue weighted by molar-refractivity contribution is 7.89. The first-order chi connectivity index (χ1) is 9.00. The van der Waals surface area contributed by atoms with Gasteiger partial charge in [0.05, 0.1) is 11.5 Å². The Morgan fingerprint density at radius 1 is 1.42 bits per heavy atom. The number of aliphatic hydroxyl groups excluding tert-OH is 1. The molecule has 0 aliphatic heterocycles. The summed E-state index contributed by atoms with van der Waals surface area (Å²) in [4.78, 5) is 0.204. The molecule has 1 aromatic rings. The van der Waals surface area contributed by atoms with Crippen molar-refractivity contribution in [3.05, 3.63) is 28.8 Å². The van der Waals surface area contributed by atoms with Crippen molar-refractivity contribution >= 4 is 21.6 Å². The molecule has 0 heterocycles. The van der Waals surface area contributed by atoms with Crippen LogP contribution in [-0.2, 0) is 16.6 Å². The van der Waals surface area contributed by atoms with Crippen LogP contribution in [0, 0.1) is 0 Å². The average Bonchev–Trinajstić information content (AvgIpc) is 3.19. The normalized spacial score (nSPS) is 16.0. The van der Waals surface area contributed by atoms with Crippen LogP contribution in [0.1, 0.15) is 31.7 Å². The van der Waals surface area contributed by atoms with E-state index in [1.807, 2.05) is 6.92 Å². The molecule has 1 aliphatic carbocycles. The molecule has 0 spiro atoms.